The van der Waals surface area contributed by atoms with Crippen LogP contribution in [0.4, 0.5) is 0 Å². The average molecular weight is 259 g/mol. The van der Waals surface area contributed by atoms with Crippen molar-refractivity contribution in [1.82, 2.24) is 4.57 Å². The molecule has 1 aromatic heterocycles. The van der Waals surface area contributed by atoms with Crippen molar-refractivity contribution in [2.45, 2.75) is 19.3 Å². The molecule has 0 amide bonds. The van der Waals surface area contributed by atoms with E-state index in [4.69, 9.17) is 0 Å². The molecule has 0 fully saturated rings. The minimum atomic E-state index is 1.01. The standard InChI is InChI=1S/C19H17N/c1-3-9-15(10-4-1)20-18-13-6-2-5-11-16(18)17-12-7-8-14-19(17)20/h3,5-14H,1-2,4H2. The van der Waals surface area contributed by atoms with Gasteiger partial charge in [0.25, 0.3) is 0 Å². The molecule has 0 spiro atoms. The molecule has 20 heavy (non-hydrogen) atoms. The number of allylic oxidation sites excluding steroid dienone is 6. The molecule has 1 heterocycles. The van der Waals surface area contributed by atoms with E-state index < -0.39 is 0 Å². The van der Waals surface area contributed by atoms with Crippen molar-refractivity contribution in [3.05, 3.63) is 65.9 Å². The van der Waals surface area contributed by atoms with Gasteiger partial charge in [-0.2, -0.15) is 0 Å². The number of nitrogens with zero attached hydrogens (tertiary/aromatic N) is 1. The van der Waals surface area contributed by atoms with Crippen LogP contribution in [-0.2, 0) is 0 Å². The second-order valence-corrected chi connectivity index (χ2v) is 5.30. The summed E-state index contributed by atoms with van der Waals surface area (Å²) in [5.74, 6) is 0. The Hall–Kier alpha value is -2.28. The van der Waals surface area contributed by atoms with Crippen molar-refractivity contribution in [2.75, 3.05) is 0 Å². The third-order valence-corrected chi connectivity index (χ3v) is 4.02. The second kappa shape index (κ2) is 4.68. The summed E-state index contributed by atoms with van der Waals surface area (Å²) in [5.41, 5.74) is 5.24. The van der Waals surface area contributed by atoms with Gasteiger partial charge in [0.1, 0.15) is 0 Å². The smallest absolute Gasteiger partial charge is 0.0540 e. The largest absolute Gasteiger partial charge is 0.310 e. The highest BCUT2D eigenvalue weighted by Gasteiger charge is 2.16. The minimum Gasteiger partial charge on any atom is -0.310 e. The number of para-hydroxylation sites is 1. The quantitative estimate of drug-likeness (QED) is 0.658. The average Bonchev–Trinajstić information content (AvgIpc) is 2.65. The van der Waals surface area contributed by atoms with E-state index in [0.717, 1.165) is 19.3 Å². The zero-order chi connectivity index (χ0) is 13.4. The molecule has 0 saturated carbocycles. The van der Waals surface area contributed by atoms with Crippen LogP contribution in [0.25, 0.3) is 28.8 Å². The van der Waals surface area contributed by atoms with Gasteiger partial charge >= 0.3 is 0 Å². The molecule has 0 bridgehead atoms. The Balaban J connectivity index is 2.09. The lowest BCUT2D eigenvalue weighted by molar-refractivity contribution is 1.01. The van der Waals surface area contributed by atoms with Crippen molar-refractivity contribution in [1.29, 1.82) is 0 Å². The fourth-order valence-corrected chi connectivity index (χ4v) is 3.11. The minimum absolute atomic E-state index is 1.01. The van der Waals surface area contributed by atoms with E-state index in [0.29, 0.717) is 0 Å². The van der Waals surface area contributed by atoms with Crippen LogP contribution in [0.1, 0.15) is 30.5 Å². The predicted octanol–water partition coefficient (Wildman–Crippen LogP) is 5.26. The first-order chi connectivity index (χ1) is 9.95. The second-order valence-electron chi connectivity index (χ2n) is 5.30. The fraction of sp³-hybridized carbons (Fsp3) is 0.158. The maximum absolute atomic E-state index is 2.40. The molecule has 1 heteroatoms. The Labute approximate surface area is 119 Å². The molecule has 0 aliphatic heterocycles. The maximum Gasteiger partial charge on any atom is 0.0540 e. The normalized spacial score (nSPS) is 17.1. The number of fused-ring (bicyclic) bond motifs is 3. The van der Waals surface area contributed by atoms with E-state index in [1.54, 1.807) is 0 Å². The number of rotatable bonds is 1. The van der Waals surface area contributed by atoms with Gasteiger partial charge in [-0.15, -0.1) is 0 Å². The van der Waals surface area contributed by atoms with Crippen LogP contribution in [-0.4, -0.2) is 4.57 Å². The zero-order valence-corrected chi connectivity index (χ0v) is 11.4. The maximum atomic E-state index is 2.40. The van der Waals surface area contributed by atoms with Gasteiger partial charge in [-0.1, -0.05) is 48.6 Å². The van der Waals surface area contributed by atoms with Crippen LogP contribution in [0.3, 0.4) is 0 Å². The Morgan fingerprint density at radius 2 is 1.75 bits per heavy atom. The van der Waals surface area contributed by atoms with Crippen molar-refractivity contribution >= 4 is 28.8 Å². The number of benzene rings is 1. The van der Waals surface area contributed by atoms with E-state index in [1.165, 1.54) is 27.9 Å². The lowest BCUT2D eigenvalue weighted by Gasteiger charge is -2.13. The Kier molecular flexibility index (Phi) is 2.70. The highest BCUT2D eigenvalue weighted by molar-refractivity contribution is 5.97. The lowest BCUT2D eigenvalue weighted by atomic mass is 10.1. The topological polar surface area (TPSA) is 4.93 Å². The van der Waals surface area contributed by atoms with Crippen LogP contribution in [0.2, 0.25) is 0 Å². The van der Waals surface area contributed by atoms with Crippen molar-refractivity contribution < 1.29 is 0 Å². The van der Waals surface area contributed by atoms with Crippen molar-refractivity contribution in [3.63, 3.8) is 0 Å². The molecule has 0 radical (unpaired) electrons. The summed E-state index contributed by atoms with van der Waals surface area (Å²) in [6, 6.07) is 8.69. The number of hydrogen-bond donors (Lipinski definition) is 0. The van der Waals surface area contributed by atoms with Gasteiger partial charge < -0.3 is 4.57 Å². The van der Waals surface area contributed by atoms with E-state index in [-0.39, 0.29) is 0 Å². The van der Waals surface area contributed by atoms with E-state index in [9.17, 15) is 0 Å². The molecule has 1 aromatic carbocycles. The van der Waals surface area contributed by atoms with Gasteiger partial charge in [0.15, 0.2) is 0 Å². The number of aromatic nitrogens is 1. The molecule has 0 atom stereocenters. The molecule has 4 rings (SSSR count). The molecule has 2 aliphatic carbocycles. The molecule has 0 unspecified atom stereocenters. The molecule has 98 valence electrons. The fourth-order valence-electron chi connectivity index (χ4n) is 3.11. The first-order valence-electron chi connectivity index (χ1n) is 7.29. The number of hydrogen-bond acceptors (Lipinski definition) is 0. The van der Waals surface area contributed by atoms with Crippen LogP contribution >= 0.6 is 0 Å². The Morgan fingerprint density at radius 3 is 2.65 bits per heavy atom. The first kappa shape index (κ1) is 11.5. The van der Waals surface area contributed by atoms with Gasteiger partial charge in [-0.05, 0) is 37.5 Å². The van der Waals surface area contributed by atoms with Gasteiger partial charge in [0.2, 0.25) is 0 Å². The van der Waals surface area contributed by atoms with Crippen LogP contribution in [0.15, 0.2) is 54.6 Å². The third-order valence-electron chi connectivity index (χ3n) is 4.02. The van der Waals surface area contributed by atoms with Crippen molar-refractivity contribution in [2.24, 2.45) is 0 Å². The van der Waals surface area contributed by atoms with E-state index >= 15 is 0 Å². The molecule has 2 aromatic rings. The van der Waals surface area contributed by atoms with Gasteiger partial charge in [0.05, 0.1) is 11.2 Å². The zero-order valence-electron chi connectivity index (χ0n) is 11.4. The monoisotopic (exact) mass is 259 g/mol. The highest BCUT2D eigenvalue weighted by atomic mass is 15.0. The summed E-state index contributed by atoms with van der Waals surface area (Å²) in [4.78, 5) is 0. The molecule has 1 nitrogen and oxygen atoms in total. The summed E-state index contributed by atoms with van der Waals surface area (Å²) in [5, 5.41) is 1.34. The van der Waals surface area contributed by atoms with Gasteiger partial charge in [0, 0.05) is 16.6 Å². The Morgan fingerprint density at radius 1 is 0.850 bits per heavy atom. The summed E-state index contributed by atoms with van der Waals surface area (Å²) < 4.78 is 2.40. The molecule has 0 N–H and O–H groups in total. The van der Waals surface area contributed by atoms with Crippen LogP contribution in [0, 0.1) is 0 Å². The van der Waals surface area contributed by atoms with Crippen LogP contribution < -0.4 is 0 Å². The molecular formula is C19H17N. The Bertz CT molecular complexity index is 781. The van der Waals surface area contributed by atoms with Gasteiger partial charge in [-0.3, -0.25) is 0 Å². The van der Waals surface area contributed by atoms with E-state index in [1.807, 2.05) is 0 Å². The SMILES string of the molecule is C1=Cc2c(n(C3=CCCC=C3)c3ccccc23)C=CC1. The molecular weight excluding hydrogens is 242 g/mol. The molecule has 0 saturated heterocycles. The summed E-state index contributed by atoms with van der Waals surface area (Å²) in [6.07, 6.45) is 19.2. The summed E-state index contributed by atoms with van der Waals surface area (Å²) in [7, 11) is 0. The van der Waals surface area contributed by atoms with Gasteiger partial charge in [-0.25, -0.2) is 0 Å². The summed E-state index contributed by atoms with van der Waals surface area (Å²) >= 11 is 0. The molecule has 2 aliphatic rings. The third kappa shape index (κ3) is 1.70. The van der Waals surface area contributed by atoms with Crippen molar-refractivity contribution in [3.8, 4) is 0 Å². The van der Waals surface area contributed by atoms with E-state index in [2.05, 4.69) is 71.4 Å². The predicted molar refractivity (Wildman–Crippen MR) is 87.3 cm³/mol. The summed E-state index contributed by atoms with van der Waals surface area (Å²) in [6.45, 7) is 0. The lowest BCUT2D eigenvalue weighted by Crippen LogP contribution is -1.99. The first-order valence-corrected chi connectivity index (χ1v) is 7.29. The van der Waals surface area contributed by atoms with Crippen LogP contribution in [0.5, 0.6) is 0 Å². The highest BCUT2D eigenvalue weighted by Crippen LogP contribution is 2.33.